The zero-order valence-electron chi connectivity index (χ0n) is 17.4. The molecule has 1 aliphatic carbocycles. The van der Waals surface area contributed by atoms with Gasteiger partial charge < -0.3 is 26.8 Å². The minimum Gasteiger partial charge on any atom is -0.497 e. The molecular weight excluding hydrogens is 394 g/mol. The fraction of sp³-hybridized carbons (Fsp3) is 0.318. The lowest BCUT2D eigenvalue weighted by Crippen LogP contribution is -2.42. The van der Waals surface area contributed by atoms with Crippen LogP contribution in [0.2, 0.25) is 0 Å². The van der Waals surface area contributed by atoms with Gasteiger partial charge in [-0.15, -0.1) is 0 Å². The third-order valence-corrected chi connectivity index (χ3v) is 5.48. The molecule has 2 aromatic heterocycles. The standard InChI is InChI=1S/C22H27N7O2/c1-31-16-8-6-15(7-9-16)29-11-10-20(28-29)27-19-12-14(13-25-21(19)22(24)30)26-18-5-3-2-4-17(18)23/h6-13,17-18,26H,2-5,23H2,1H3,(H2,24,30)(H,27,28)/t17-,18+/m0/s1. The summed E-state index contributed by atoms with van der Waals surface area (Å²) in [4.78, 5) is 16.2. The number of nitrogens with zero attached hydrogens (tertiary/aromatic N) is 3. The van der Waals surface area contributed by atoms with Crippen molar-refractivity contribution >= 4 is 23.1 Å². The van der Waals surface area contributed by atoms with Gasteiger partial charge in [0.25, 0.3) is 5.91 Å². The number of pyridine rings is 1. The number of amides is 1. The molecular formula is C22H27N7O2. The zero-order valence-corrected chi connectivity index (χ0v) is 17.4. The number of anilines is 3. The molecule has 6 N–H and O–H groups in total. The van der Waals surface area contributed by atoms with Crippen molar-refractivity contribution in [3.8, 4) is 11.4 Å². The Morgan fingerprint density at radius 3 is 2.68 bits per heavy atom. The number of aromatic nitrogens is 3. The lowest BCUT2D eigenvalue weighted by atomic mass is 9.91. The molecule has 0 aliphatic heterocycles. The van der Waals surface area contributed by atoms with Crippen molar-refractivity contribution in [1.29, 1.82) is 0 Å². The van der Waals surface area contributed by atoms with Gasteiger partial charge in [0.05, 0.1) is 30.4 Å². The Balaban J connectivity index is 1.55. The van der Waals surface area contributed by atoms with Crippen LogP contribution >= 0.6 is 0 Å². The summed E-state index contributed by atoms with van der Waals surface area (Å²) >= 11 is 0. The summed E-state index contributed by atoms with van der Waals surface area (Å²) < 4.78 is 6.92. The molecule has 162 valence electrons. The van der Waals surface area contributed by atoms with Crippen molar-refractivity contribution in [1.82, 2.24) is 14.8 Å². The quantitative estimate of drug-likeness (QED) is 0.461. The molecule has 0 bridgehead atoms. The second-order valence-corrected chi connectivity index (χ2v) is 7.65. The van der Waals surface area contributed by atoms with Crippen LogP contribution in [-0.2, 0) is 0 Å². The Morgan fingerprint density at radius 1 is 1.19 bits per heavy atom. The maximum Gasteiger partial charge on any atom is 0.269 e. The van der Waals surface area contributed by atoms with E-state index in [0.717, 1.165) is 42.8 Å². The van der Waals surface area contributed by atoms with Crippen LogP contribution in [0.3, 0.4) is 0 Å². The summed E-state index contributed by atoms with van der Waals surface area (Å²) in [6.45, 7) is 0. The number of hydrogen-bond donors (Lipinski definition) is 4. The van der Waals surface area contributed by atoms with Gasteiger partial charge in [0.15, 0.2) is 11.5 Å². The lowest BCUT2D eigenvalue weighted by molar-refractivity contribution is 0.0996. The Labute approximate surface area is 180 Å². The minimum atomic E-state index is -0.613. The maximum absolute atomic E-state index is 11.9. The summed E-state index contributed by atoms with van der Waals surface area (Å²) in [5, 5.41) is 11.1. The van der Waals surface area contributed by atoms with E-state index in [-0.39, 0.29) is 17.8 Å². The van der Waals surface area contributed by atoms with Crippen LogP contribution in [0, 0.1) is 0 Å². The van der Waals surface area contributed by atoms with Crippen LogP contribution in [0.25, 0.3) is 5.69 Å². The highest BCUT2D eigenvalue weighted by molar-refractivity contribution is 5.97. The van der Waals surface area contributed by atoms with E-state index in [0.29, 0.717) is 11.5 Å². The highest BCUT2D eigenvalue weighted by atomic mass is 16.5. The number of primary amides is 1. The van der Waals surface area contributed by atoms with Gasteiger partial charge in [0.2, 0.25) is 0 Å². The molecule has 3 aromatic rings. The SMILES string of the molecule is COc1ccc(-n2ccc(Nc3cc(N[C@@H]4CCCC[C@@H]4N)cnc3C(N)=O)n2)cc1. The maximum atomic E-state index is 11.9. The highest BCUT2D eigenvalue weighted by Gasteiger charge is 2.22. The average Bonchev–Trinajstić information content (AvgIpc) is 3.24. The number of benzene rings is 1. The molecule has 2 atom stereocenters. The summed E-state index contributed by atoms with van der Waals surface area (Å²) in [7, 11) is 1.63. The van der Waals surface area contributed by atoms with E-state index in [1.165, 1.54) is 0 Å². The van der Waals surface area contributed by atoms with Gasteiger partial charge in [-0.1, -0.05) is 12.8 Å². The predicted molar refractivity (Wildman–Crippen MR) is 120 cm³/mol. The first-order valence-corrected chi connectivity index (χ1v) is 10.3. The van der Waals surface area contributed by atoms with E-state index in [4.69, 9.17) is 16.2 Å². The van der Waals surface area contributed by atoms with Crippen LogP contribution in [0.1, 0.15) is 36.2 Å². The first-order valence-electron chi connectivity index (χ1n) is 10.3. The van der Waals surface area contributed by atoms with Gasteiger partial charge in [0, 0.05) is 24.3 Å². The Bertz CT molecular complexity index is 1050. The van der Waals surface area contributed by atoms with Gasteiger partial charge >= 0.3 is 0 Å². The summed E-state index contributed by atoms with van der Waals surface area (Å²) in [5.41, 5.74) is 14.1. The van der Waals surface area contributed by atoms with Crippen molar-refractivity contribution in [2.24, 2.45) is 11.5 Å². The molecule has 0 unspecified atom stereocenters. The summed E-state index contributed by atoms with van der Waals surface area (Å²) in [6, 6.07) is 11.5. The zero-order chi connectivity index (χ0) is 21.8. The number of hydrogen-bond acceptors (Lipinski definition) is 7. The fourth-order valence-corrected chi connectivity index (χ4v) is 3.80. The van der Waals surface area contributed by atoms with Crippen molar-refractivity contribution in [3.05, 3.63) is 54.5 Å². The molecule has 31 heavy (non-hydrogen) atoms. The highest BCUT2D eigenvalue weighted by Crippen LogP contribution is 2.26. The number of ether oxygens (including phenoxy) is 1. The van der Waals surface area contributed by atoms with Gasteiger partial charge in [-0.3, -0.25) is 4.79 Å². The Morgan fingerprint density at radius 2 is 1.97 bits per heavy atom. The molecule has 1 amide bonds. The lowest BCUT2D eigenvalue weighted by Gasteiger charge is -2.30. The first kappa shape index (κ1) is 20.7. The number of carbonyl (C=O) groups is 1. The normalized spacial score (nSPS) is 18.4. The molecule has 0 saturated heterocycles. The number of nitrogens with two attached hydrogens (primary N) is 2. The molecule has 1 saturated carbocycles. The smallest absolute Gasteiger partial charge is 0.269 e. The number of carbonyl (C=O) groups excluding carboxylic acids is 1. The molecule has 0 radical (unpaired) electrons. The summed E-state index contributed by atoms with van der Waals surface area (Å²) in [5.74, 6) is 0.720. The molecule has 0 spiro atoms. The van der Waals surface area contributed by atoms with Crippen molar-refractivity contribution in [3.63, 3.8) is 0 Å². The summed E-state index contributed by atoms with van der Waals surface area (Å²) in [6.07, 6.45) is 7.74. The number of methoxy groups -OCH3 is 1. The third kappa shape index (κ3) is 4.77. The van der Waals surface area contributed by atoms with Gasteiger partial charge in [-0.2, -0.15) is 5.10 Å². The van der Waals surface area contributed by atoms with Crippen LogP contribution in [0.15, 0.2) is 48.8 Å². The van der Waals surface area contributed by atoms with E-state index in [1.807, 2.05) is 42.6 Å². The topological polar surface area (TPSA) is 133 Å². The molecule has 1 aliphatic rings. The van der Waals surface area contributed by atoms with Gasteiger partial charge in [-0.05, 0) is 43.2 Å². The van der Waals surface area contributed by atoms with Gasteiger partial charge in [-0.25, -0.2) is 9.67 Å². The number of nitrogens with one attached hydrogen (secondary N) is 2. The van der Waals surface area contributed by atoms with Crippen LogP contribution in [0.4, 0.5) is 17.2 Å². The van der Waals surface area contributed by atoms with E-state index in [2.05, 4.69) is 20.7 Å². The van der Waals surface area contributed by atoms with Crippen LogP contribution in [-0.4, -0.2) is 39.9 Å². The van der Waals surface area contributed by atoms with Gasteiger partial charge in [0.1, 0.15) is 5.75 Å². The van der Waals surface area contributed by atoms with E-state index in [1.54, 1.807) is 18.0 Å². The van der Waals surface area contributed by atoms with E-state index in [9.17, 15) is 4.79 Å². The molecule has 1 fully saturated rings. The fourth-order valence-electron chi connectivity index (χ4n) is 3.80. The Hall–Kier alpha value is -3.59. The Kier molecular flexibility index (Phi) is 6.03. The molecule has 4 rings (SSSR count). The molecule has 1 aromatic carbocycles. The van der Waals surface area contributed by atoms with E-state index >= 15 is 0 Å². The predicted octanol–water partition coefficient (Wildman–Crippen LogP) is 2.80. The minimum absolute atomic E-state index is 0.0983. The molecule has 2 heterocycles. The van der Waals surface area contributed by atoms with Crippen molar-refractivity contribution in [2.75, 3.05) is 17.7 Å². The van der Waals surface area contributed by atoms with E-state index < -0.39 is 5.91 Å². The average molecular weight is 422 g/mol. The molecule has 9 heteroatoms. The van der Waals surface area contributed by atoms with Crippen molar-refractivity contribution < 1.29 is 9.53 Å². The molecule has 9 nitrogen and oxygen atoms in total. The van der Waals surface area contributed by atoms with Crippen LogP contribution in [0.5, 0.6) is 5.75 Å². The second kappa shape index (κ2) is 9.05. The second-order valence-electron chi connectivity index (χ2n) is 7.65. The third-order valence-electron chi connectivity index (χ3n) is 5.48. The van der Waals surface area contributed by atoms with Crippen LogP contribution < -0.4 is 26.8 Å². The largest absolute Gasteiger partial charge is 0.497 e. The number of rotatable bonds is 7. The van der Waals surface area contributed by atoms with Crippen molar-refractivity contribution in [2.45, 2.75) is 37.8 Å². The monoisotopic (exact) mass is 421 g/mol. The first-order chi connectivity index (χ1) is 15.0.